The number of hydrogen-bond acceptors (Lipinski definition) is 1. The Labute approximate surface area is 121 Å². The molecule has 0 bridgehead atoms. The van der Waals surface area contributed by atoms with Gasteiger partial charge in [0, 0.05) is 6.54 Å². The van der Waals surface area contributed by atoms with Gasteiger partial charge < -0.3 is 5.32 Å². The van der Waals surface area contributed by atoms with Crippen molar-refractivity contribution in [1.82, 2.24) is 5.32 Å². The molecule has 0 saturated heterocycles. The third-order valence-electron chi connectivity index (χ3n) is 4.53. The van der Waals surface area contributed by atoms with Crippen LogP contribution in [0.2, 0.25) is 0 Å². The predicted molar refractivity (Wildman–Crippen MR) is 72.0 cm³/mol. The van der Waals surface area contributed by atoms with Gasteiger partial charge in [-0.1, -0.05) is 6.07 Å². The first kappa shape index (κ1) is 14.8. The van der Waals surface area contributed by atoms with Gasteiger partial charge in [0.25, 0.3) is 0 Å². The molecule has 0 aliphatic heterocycles. The number of benzene rings is 1. The van der Waals surface area contributed by atoms with E-state index in [2.05, 4.69) is 5.32 Å². The molecule has 0 unspecified atom stereocenters. The van der Waals surface area contributed by atoms with E-state index in [1.165, 1.54) is 31.7 Å². The summed E-state index contributed by atoms with van der Waals surface area (Å²) in [6.45, 7) is 0.912. The fourth-order valence-corrected chi connectivity index (χ4v) is 3.11. The van der Waals surface area contributed by atoms with E-state index in [0.717, 1.165) is 24.4 Å². The van der Waals surface area contributed by atoms with Crippen LogP contribution < -0.4 is 5.32 Å². The van der Waals surface area contributed by atoms with E-state index in [9.17, 15) is 17.6 Å². The lowest BCUT2D eigenvalue weighted by molar-refractivity contribution is -0.138. The highest BCUT2D eigenvalue weighted by Crippen LogP contribution is 2.48. The maximum atomic E-state index is 13.0. The molecule has 1 aromatic carbocycles. The van der Waals surface area contributed by atoms with Gasteiger partial charge in [0.1, 0.15) is 5.82 Å². The Morgan fingerprint density at radius 3 is 2.24 bits per heavy atom. The molecule has 0 heterocycles. The number of halogens is 4. The largest absolute Gasteiger partial charge is 0.416 e. The molecule has 0 radical (unpaired) electrons. The Morgan fingerprint density at radius 1 is 1.10 bits per heavy atom. The van der Waals surface area contributed by atoms with Crippen molar-refractivity contribution in [2.75, 3.05) is 6.54 Å². The molecule has 2 aliphatic carbocycles. The molecule has 1 nitrogen and oxygen atoms in total. The molecule has 116 valence electrons. The van der Waals surface area contributed by atoms with Crippen LogP contribution in [0, 0.1) is 23.6 Å². The van der Waals surface area contributed by atoms with E-state index in [4.69, 9.17) is 0 Å². The van der Waals surface area contributed by atoms with Gasteiger partial charge in [0.05, 0.1) is 5.56 Å². The lowest BCUT2D eigenvalue weighted by Gasteiger charge is -2.18. The monoisotopic (exact) mass is 301 g/mol. The maximum absolute atomic E-state index is 13.0. The summed E-state index contributed by atoms with van der Waals surface area (Å²) in [6.07, 6.45) is 0.520. The molecule has 5 heteroatoms. The first-order valence-corrected chi connectivity index (χ1v) is 7.51. The fourth-order valence-electron chi connectivity index (χ4n) is 3.11. The molecule has 0 aromatic heterocycles. The second-order valence-corrected chi connectivity index (χ2v) is 6.27. The Bertz CT molecular complexity index is 491. The van der Waals surface area contributed by atoms with Gasteiger partial charge in [-0.05, 0) is 67.7 Å². The highest BCUT2D eigenvalue weighted by molar-refractivity contribution is 5.30. The molecule has 0 amide bonds. The van der Waals surface area contributed by atoms with Crippen LogP contribution in [0.5, 0.6) is 0 Å². The summed E-state index contributed by atoms with van der Waals surface area (Å²) in [5.74, 6) is 1.29. The summed E-state index contributed by atoms with van der Waals surface area (Å²) < 4.78 is 51.7. The number of nitrogens with one attached hydrogen (secondary N) is 1. The van der Waals surface area contributed by atoms with Gasteiger partial charge in [-0.3, -0.25) is 0 Å². The van der Waals surface area contributed by atoms with E-state index < -0.39 is 17.6 Å². The van der Waals surface area contributed by atoms with Gasteiger partial charge in [0.2, 0.25) is 0 Å². The van der Waals surface area contributed by atoms with Gasteiger partial charge in [0.15, 0.2) is 0 Å². The molecule has 2 fully saturated rings. The molecule has 0 atom stereocenters. The van der Waals surface area contributed by atoms with Crippen LogP contribution in [0.4, 0.5) is 17.6 Å². The average Bonchev–Trinajstić information content (AvgIpc) is 3.26. The normalized spacial score (nSPS) is 19.3. The topological polar surface area (TPSA) is 12.0 Å². The van der Waals surface area contributed by atoms with E-state index >= 15 is 0 Å². The van der Waals surface area contributed by atoms with Gasteiger partial charge in [-0.25, -0.2) is 4.39 Å². The smallest absolute Gasteiger partial charge is 0.312 e. The van der Waals surface area contributed by atoms with E-state index in [-0.39, 0.29) is 12.1 Å². The summed E-state index contributed by atoms with van der Waals surface area (Å²) >= 11 is 0. The van der Waals surface area contributed by atoms with Crippen LogP contribution in [0.15, 0.2) is 18.2 Å². The molecule has 2 saturated carbocycles. The van der Waals surface area contributed by atoms with E-state index in [0.29, 0.717) is 12.0 Å². The summed E-state index contributed by atoms with van der Waals surface area (Å²) in [5.41, 5.74) is -0.751. The van der Waals surface area contributed by atoms with Crippen LogP contribution in [-0.4, -0.2) is 6.54 Å². The minimum Gasteiger partial charge on any atom is -0.312 e. The van der Waals surface area contributed by atoms with Crippen molar-refractivity contribution in [3.63, 3.8) is 0 Å². The second-order valence-electron chi connectivity index (χ2n) is 6.27. The summed E-state index contributed by atoms with van der Waals surface area (Å²) in [5, 5.41) is 3.15. The number of rotatable bonds is 6. The minimum absolute atomic E-state index is 0.120. The van der Waals surface area contributed by atoms with Crippen LogP contribution in [0.1, 0.15) is 36.8 Å². The van der Waals surface area contributed by atoms with Crippen molar-refractivity contribution >= 4 is 0 Å². The Balaban J connectivity index is 1.62. The van der Waals surface area contributed by atoms with Crippen LogP contribution >= 0.6 is 0 Å². The number of alkyl halides is 3. The van der Waals surface area contributed by atoms with Crippen molar-refractivity contribution in [2.24, 2.45) is 17.8 Å². The first-order valence-electron chi connectivity index (χ1n) is 7.51. The third-order valence-corrected chi connectivity index (χ3v) is 4.53. The SMILES string of the molecule is Fc1ccc(CNCC(C2CC2)C2CC2)c(C(F)(F)F)c1. The Morgan fingerprint density at radius 2 is 1.71 bits per heavy atom. The highest BCUT2D eigenvalue weighted by Gasteiger charge is 2.41. The van der Waals surface area contributed by atoms with Gasteiger partial charge in [-0.15, -0.1) is 0 Å². The molecular weight excluding hydrogens is 282 g/mol. The second kappa shape index (κ2) is 5.59. The van der Waals surface area contributed by atoms with Crippen molar-refractivity contribution < 1.29 is 17.6 Å². The zero-order valence-corrected chi connectivity index (χ0v) is 11.7. The molecule has 1 aromatic rings. The van der Waals surface area contributed by atoms with Crippen molar-refractivity contribution in [3.05, 3.63) is 35.1 Å². The van der Waals surface area contributed by atoms with Gasteiger partial charge in [-0.2, -0.15) is 13.2 Å². The molecule has 1 N–H and O–H groups in total. The minimum atomic E-state index is -4.51. The third kappa shape index (κ3) is 3.76. The maximum Gasteiger partial charge on any atom is 0.416 e. The fraction of sp³-hybridized carbons (Fsp3) is 0.625. The van der Waals surface area contributed by atoms with E-state index in [1.807, 2.05) is 0 Å². The van der Waals surface area contributed by atoms with Crippen molar-refractivity contribution in [1.29, 1.82) is 0 Å². The zero-order valence-electron chi connectivity index (χ0n) is 11.7. The molecule has 0 spiro atoms. The molecular formula is C16H19F4N. The standard InChI is InChI=1S/C16H19F4N/c17-13-6-5-12(15(7-13)16(18,19)20)8-21-9-14(10-1-2-10)11-3-4-11/h5-7,10-11,14,21H,1-4,8-9H2. The van der Waals surface area contributed by atoms with E-state index in [1.54, 1.807) is 0 Å². The Hall–Kier alpha value is -1.10. The predicted octanol–water partition coefficient (Wildman–Crippen LogP) is 4.37. The van der Waals surface area contributed by atoms with Gasteiger partial charge >= 0.3 is 6.18 Å². The number of hydrogen-bond donors (Lipinski definition) is 1. The van der Waals surface area contributed by atoms with Crippen molar-refractivity contribution in [2.45, 2.75) is 38.4 Å². The van der Waals surface area contributed by atoms with Crippen LogP contribution in [0.3, 0.4) is 0 Å². The Kier molecular flexibility index (Phi) is 3.95. The lowest BCUT2D eigenvalue weighted by atomic mass is 9.97. The average molecular weight is 301 g/mol. The highest BCUT2D eigenvalue weighted by atomic mass is 19.4. The summed E-state index contributed by atoms with van der Waals surface area (Å²) in [7, 11) is 0. The van der Waals surface area contributed by atoms with Crippen LogP contribution in [-0.2, 0) is 12.7 Å². The summed E-state index contributed by atoms with van der Waals surface area (Å²) in [4.78, 5) is 0. The molecule has 2 aliphatic rings. The lowest BCUT2D eigenvalue weighted by Crippen LogP contribution is -2.26. The molecule has 3 rings (SSSR count). The van der Waals surface area contributed by atoms with Crippen molar-refractivity contribution in [3.8, 4) is 0 Å². The summed E-state index contributed by atoms with van der Waals surface area (Å²) in [6, 6.07) is 2.90. The quantitative estimate of drug-likeness (QED) is 0.769. The zero-order chi connectivity index (χ0) is 15.0. The van der Waals surface area contributed by atoms with Crippen LogP contribution in [0.25, 0.3) is 0 Å². The molecule has 21 heavy (non-hydrogen) atoms. The first-order chi connectivity index (χ1) is 9.95.